The van der Waals surface area contributed by atoms with Gasteiger partial charge < -0.3 is 14.5 Å². The van der Waals surface area contributed by atoms with Gasteiger partial charge in [0, 0.05) is 19.5 Å². The Morgan fingerprint density at radius 1 is 1.27 bits per heavy atom. The van der Waals surface area contributed by atoms with Crippen LogP contribution in [0.4, 0.5) is 0 Å². The van der Waals surface area contributed by atoms with E-state index >= 15 is 0 Å². The Kier molecular flexibility index (Phi) is 6.25. The van der Waals surface area contributed by atoms with Crippen molar-refractivity contribution >= 4 is 5.91 Å². The van der Waals surface area contributed by atoms with E-state index in [0.29, 0.717) is 19.1 Å². The summed E-state index contributed by atoms with van der Waals surface area (Å²) in [5, 5.41) is 0. The third kappa shape index (κ3) is 4.73. The van der Waals surface area contributed by atoms with E-state index in [4.69, 9.17) is 4.74 Å². The lowest BCUT2D eigenvalue weighted by Gasteiger charge is -2.35. The lowest BCUT2D eigenvalue weighted by Crippen LogP contribution is -2.44. The number of carbonyl (C=O) groups excluding carboxylic acids is 1. The van der Waals surface area contributed by atoms with E-state index in [2.05, 4.69) is 11.9 Å². The zero-order valence-corrected chi connectivity index (χ0v) is 14.0. The molecule has 1 aromatic carbocycles. The molecule has 0 aromatic heterocycles. The molecule has 0 saturated carbocycles. The molecule has 2 rings (SSSR count). The van der Waals surface area contributed by atoms with Gasteiger partial charge in [-0.1, -0.05) is 12.1 Å². The highest BCUT2D eigenvalue weighted by Crippen LogP contribution is 2.17. The first kappa shape index (κ1) is 16.8. The van der Waals surface area contributed by atoms with Gasteiger partial charge in [-0.2, -0.15) is 0 Å². The molecule has 0 radical (unpaired) electrons. The lowest BCUT2D eigenvalue weighted by atomic mass is 10.0. The molecule has 1 heterocycles. The first-order valence-corrected chi connectivity index (χ1v) is 8.26. The number of piperidine rings is 1. The molecule has 0 N–H and O–H groups in total. The summed E-state index contributed by atoms with van der Waals surface area (Å²) in [6.07, 6.45) is 3.54. The molecule has 0 unspecified atom stereocenters. The standard InChI is InChI=1S/C18H28N2O2/c1-4-22-17-8-5-15(6-9-17)7-10-18(21)20(3)16-11-13-19(2)14-12-16/h5-6,8-9,16H,4,7,10-14H2,1-3H3. The second kappa shape index (κ2) is 8.18. The Morgan fingerprint density at radius 3 is 2.50 bits per heavy atom. The molecule has 1 fully saturated rings. The smallest absolute Gasteiger partial charge is 0.222 e. The first-order chi connectivity index (χ1) is 10.6. The van der Waals surface area contributed by atoms with Crippen LogP contribution in [0.15, 0.2) is 24.3 Å². The molecule has 0 aliphatic carbocycles. The Labute approximate surface area is 134 Å². The van der Waals surface area contributed by atoms with Crippen molar-refractivity contribution in [1.29, 1.82) is 0 Å². The third-order valence-electron chi connectivity index (χ3n) is 4.49. The van der Waals surface area contributed by atoms with Gasteiger partial charge >= 0.3 is 0 Å². The molecule has 1 aromatic rings. The fourth-order valence-electron chi connectivity index (χ4n) is 2.93. The van der Waals surface area contributed by atoms with Crippen molar-refractivity contribution in [3.8, 4) is 5.75 Å². The summed E-state index contributed by atoms with van der Waals surface area (Å²) in [6.45, 7) is 4.83. The summed E-state index contributed by atoms with van der Waals surface area (Å²) in [4.78, 5) is 16.6. The normalized spacial score (nSPS) is 16.5. The molecule has 1 saturated heterocycles. The molecule has 4 nitrogen and oxygen atoms in total. The maximum absolute atomic E-state index is 12.4. The predicted octanol–water partition coefficient (Wildman–Crippen LogP) is 2.57. The van der Waals surface area contributed by atoms with Crippen molar-refractivity contribution in [2.75, 3.05) is 33.8 Å². The molecule has 4 heteroatoms. The van der Waals surface area contributed by atoms with Gasteiger partial charge in [-0.15, -0.1) is 0 Å². The van der Waals surface area contributed by atoms with Crippen molar-refractivity contribution in [1.82, 2.24) is 9.80 Å². The molecule has 1 aliphatic heterocycles. The van der Waals surface area contributed by atoms with E-state index in [1.165, 1.54) is 5.56 Å². The molecular formula is C18H28N2O2. The highest BCUT2D eigenvalue weighted by molar-refractivity contribution is 5.76. The summed E-state index contributed by atoms with van der Waals surface area (Å²) in [7, 11) is 4.10. The van der Waals surface area contributed by atoms with Gasteiger partial charge in [0.15, 0.2) is 0 Å². The fourth-order valence-corrected chi connectivity index (χ4v) is 2.93. The van der Waals surface area contributed by atoms with E-state index in [1.54, 1.807) is 0 Å². The lowest BCUT2D eigenvalue weighted by molar-refractivity contribution is -0.132. The minimum Gasteiger partial charge on any atom is -0.494 e. The predicted molar refractivity (Wildman–Crippen MR) is 89.2 cm³/mol. The quantitative estimate of drug-likeness (QED) is 0.810. The molecule has 1 amide bonds. The van der Waals surface area contributed by atoms with Crippen molar-refractivity contribution in [3.63, 3.8) is 0 Å². The number of nitrogens with zero attached hydrogens (tertiary/aromatic N) is 2. The number of hydrogen-bond acceptors (Lipinski definition) is 3. The molecule has 22 heavy (non-hydrogen) atoms. The van der Waals surface area contributed by atoms with Gasteiger partial charge in [-0.25, -0.2) is 0 Å². The summed E-state index contributed by atoms with van der Waals surface area (Å²) >= 11 is 0. The summed E-state index contributed by atoms with van der Waals surface area (Å²) in [5.74, 6) is 1.14. The molecule has 0 spiro atoms. The van der Waals surface area contributed by atoms with E-state index in [-0.39, 0.29) is 5.91 Å². The highest BCUT2D eigenvalue weighted by atomic mass is 16.5. The third-order valence-corrected chi connectivity index (χ3v) is 4.49. The van der Waals surface area contributed by atoms with E-state index in [1.807, 2.05) is 43.1 Å². The number of amides is 1. The van der Waals surface area contributed by atoms with Crippen molar-refractivity contribution in [2.24, 2.45) is 0 Å². The maximum Gasteiger partial charge on any atom is 0.222 e. The van der Waals surface area contributed by atoms with Crippen molar-refractivity contribution in [2.45, 2.75) is 38.6 Å². The van der Waals surface area contributed by atoms with Crippen LogP contribution in [0.2, 0.25) is 0 Å². The molecular weight excluding hydrogens is 276 g/mol. The van der Waals surface area contributed by atoms with Crippen LogP contribution in [0.1, 0.15) is 31.7 Å². The monoisotopic (exact) mass is 304 g/mol. The van der Waals surface area contributed by atoms with Crippen LogP contribution < -0.4 is 4.74 Å². The van der Waals surface area contributed by atoms with Crippen molar-refractivity contribution < 1.29 is 9.53 Å². The van der Waals surface area contributed by atoms with Crippen LogP contribution >= 0.6 is 0 Å². The van der Waals surface area contributed by atoms with Gasteiger partial charge in [-0.3, -0.25) is 4.79 Å². The van der Waals surface area contributed by atoms with Crippen LogP contribution in [0.3, 0.4) is 0 Å². The zero-order valence-electron chi connectivity index (χ0n) is 14.0. The molecule has 1 aliphatic rings. The Hall–Kier alpha value is -1.55. The number of carbonyl (C=O) groups is 1. The number of rotatable bonds is 6. The van der Waals surface area contributed by atoms with Gasteiger partial charge in [0.1, 0.15) is 5.75 Å². The first-order valence-electron chi connectivity index (χ1n) is 8.26. The van der Waals surface area contributed by atoms with Crippen LogP contribution in [-0.4, -0.2) is 55.5 Å². The number of ether oxygens (including phenoxy) is 1. The van der Waals surface area contributed by atoms with Crippen LogP contribution in [0.25, 0.3) is 0 Å². The zero-order chi connectivity index (χ0) is 15.9. The Morgan fingerprint density at radius 2 is 1.91 bits per heavy atom. The number of aryl methyl sites for hydroxylation is 1. The van der Waals surface area contributed by atoms with Crippen LogP contribution in [0, 0.1) is 0 Å². The maximum atomic E-state index is 12.4. The highest BCUT2D eigenvalue weighted by Gasteiger charge is 2.23. The Bertz CT molecular complexity index is 464. The summed E-state index contributed by atoms with van der Waals surface area (Å²) < 4.78 is 5.43. The summed E-state index contributed by atoms with van der Waals surface area (Å²) in [6, 6.07) is 8.46. The van der Waals surface area contributed by atoms with Crippen LogP contribution in [-0.2, 0) is 11.2 Å². The summed E-state index contributed by atoms with van der Waals surface area (Å²) in [5.41, 5.74) is 1.19. The average Bonchev–Trinajstić information content (AvgIpc) is 2.54. The van der Waals surface area contributed by atoms with Crippen molar-refractivity contribution in [3.05, 3.63) is 29.8 Å². The topological polar surface area (TPSA) is 32.8 Å². The second-order valence-corrected chi connectivity index (χ2v) is 6.12. The molecule has 0 atom stereocenters. The average molecular weight is 304 g/mol. The number of likely N-dealkylation sites (tertiary alicyclic amines) is 1. The van der Waals surface area contributed by atoms with Gasteiger partial charge in [0.05, 0.1) is 6.61 Å². The second-order valence-electron chi connectivity index (χ2n) is 6.12. The fraction of sp³-hybridized carbons (Fsp3) is 0.611. The molecule has 0 bridgehead atoms. The van der Waals surface area contributed by atoms with E-state index < -0.39 is 0 Å². The SMILES string of the molecule is CCOc1ccc(CCC(=O)N(C)C2CCN(C)CC2)cc1. The van der Waals surface area contributed by atoms with Gasteiger partial charge in [0.2, 0.25) is 5.91 Å². The molecule has 122 valence electrons. The van der Waals surface area contributed by atoms with Gasteiger partial charge in [-0.05, 0) is 64.0 Å². The number of hydrogen-bond donors (Lipinski definition) is 0. The van der Waals surface area contributed by atoms with Gasteiger partial charge in [0.25, 0.3) is 0 Å². The minimum atomic E-state index is 0.253. The van der Waals surface area contributed by atoms with Crippen LogP contribution in [0.5, 0.6) is 5.75 Å². The van der Waals surface area contributed by atoms with E-state index in [0.717, 1.165) is 38.1 Å². The van der Waals surface area contributed by atoms with E-state index in [9.17, 15) is 4.79 Å². The number of benzene rings is 1. The largest absolute Gasteiger partial charge is 0.494 e. The minimum absolute atomic E-state index is 0.253. The Balaban J connectivity index is 1.79.